The third-order valence-electron chi connectivity index (χ3n) is 4.90. The van der Waals surface area contributed by atoms with Crippen molar-refractivity contribution in [3.63, 3.8) is 0 Å². The molecule has 0 unspecified atom stereocenters. The number of hydrogen-bond donors (Lipinski definition) is 0. The van der Waals surface area contributed by atoms with Gasteiger partial charge in [0.15, 0.2) is 0 Å². The maximum absolute atomic E-state index is 12.8. The van der Waals surface area contributed by atoms with E-state index in [1.165, 1.54) is 29.8 Å². The zero-order valence-corrected chi connectivity index (χ0v) is 21.0. The summed E-state index contributed by atoms with van der Waals surface area (Å²) in [7, 11) is 0. The standard InChI is InChI=1S/C10H10FN.C9H10BrF.C8H9F/c1-7-5-9(11)6-8(2)10(7)3-4-12;1-6-3-8(11)4-7(2)9(6)5-10;1-6-3-7(2)5-8(9)4-6/h5-6H,3H2,1-2H3;3-4H,5H2,1-2H3;3-5H,1-2H3. The topological polar surface area (TPSA) is 23.8 Å². The van der Waals surface area contributed by atoms with E-state index >= 15 is 0 Å². The highest BCUT2D eigenvalue weighted by Gasteiger charge is 2.04. The molecule has 0 radical (unpaired) electrons. The Bertz CT molecular complexity index is 1000. The number of hydrogen-bond acceptors (Lipinski definition) is 1. The molecule has 0 fully saturated rings. The van der Waals surface area contributed by atoms with Crippen LogP contribution in [0.25, 0.3) is 0 Å². The Morgan fingerprint density at radius 2 is 0.969 bits per heavy atom. The maximum Gasteiger partial charge on any atom is 0.123 e. The van der Waals surface area contributed by atoms with Crippen LogP contribution in [0.3, 0.4) is 0 Å². The van der Waals surface area contributed by atoms with Gasteiger partial charge >= 0.3 is 0 Å². The average molecular weight is 504 g/mol. The van der Waals surface area contributed by atoms with Crippen molar-refractivity contribution < 1.29 is 13.2 Å². The van der Waals surface area contributed by atoms with Gasteiger partial charge in [0.05, 0.1) is 12.5 Å². The van der Waals surface area contributed by atoms with Gasteiger partial charge in [0.2, 0.25) is 0 Å². The van der Waals surface area contributed by atoms with Gasteiger partial charge in [-0.3, -0.25) is 0 Å². The lowest BCUT2D eigenvalue weighted by Crippen LogP contribution is -1.93. The van der Waals surface area contributed by atoms with Gasteiger partial charge in [-0.15, -0.1) is 0 Å². The lowest BCUT2D eigenvalue weighted by atomic mass is 10.0. The van der Waals surface area contributed by atoms with Crippen LogP contribution in [-0.4, -0.2) is 0 Å². The predicted octanol–water partition coefficient (Wildman–Crippen LogP) is 8.29. The Hall–Kier alpha value is -2.58. The number of aryl methyl sites for hydroxylation is 6. The molecule has 0 heterocycles. The molecule has 170 valence electrons. The summed E-state index contributed by atoms with van der Waals surface area (Å²) in [6, 6.07) is 13.1. The first-order chi connectivity index (χ1) is 15.0. The fraction of sp³-hybridized carbons (Fsp3) is 0.296. The molecule has 0 aliphatic rings. The van der Waals surface area contributed by atoms with Gasteiger partial charge in [-0.1, -0.05) is 22.0 Å². The van der Waals surface area contributed by atoms with Gasteiger partial charge in [0.1, 0.15) is 17.5 Å². The first-order valence-corrected chi connectivity index (χ1v) is 11.3. The third-order valence-corrected chi connectivity index (χ3v) is 5.46. The monoisotopic (exact) mass is 503 g/mol. The SMILES string of the molecule is Cc1cc(C)cc(F)c1.Cc1cc(F)cc(C)c1CBr.Cc1cc(F)cc(C)c1CC#N. The van der Waals surface area contributed by atoms with Gasteiger partial charge in [0.25, 0.3) is 0 Å². The summed E-state index contributed by atoms with van der Waals surface area (Å²) in [6.07, 6.45) is 0.359. The summed E-state index contributed by atoms with van der Waals surface area (Å²) in [5.41, 5.74) is 7.83. The molecular weight excluding hydrogens is 475 g/mol. The Balaban J connectivity index is 0.000000242. The van der Waals surface area contributed by atoms with Crippen LogP contribution in [0.1, 0.15) is 44.5 Å². The first kappa shape index (κ1) is 27.5. The second-order valence-corrected chi connectivity index (χ2v) is 8.37. The average Bonchev–Trinajstić information content (AvgIpc) is 2.64. The third kappa shape index (κ3) is 8.88. The molecule has 0 saturated heterocycles. The molecular formula is C27H29BrF3N. The lowest BCUT2D eigenvalue weighted by molar-refractivity contribution is 0.624. The Kier molecular flexibility index (Phi) is 11.2. The second-order valence-electron chi connectivity index (χ2n) is 7.81. The van der Waals surface area contributed by atoms with E-state index in [0.29, 0.717) is 6.42 Å². The number of rotatable bonds is 2. The smallest absolute Gasteiger partial charge is 0.123 e. The van der Waals surface area contributed by atoms with Gasteiger partial charge in [-0.05, 0) is 122 Å². The Morgan fingerprint density at radius 1 is 0.625 bits per heavy atom. The van der Waals surface area contributed by atoms with Crippen LogP contribution >= 0.6 is 15.9 Å². The van der Waals surface area contributed by atoms with E-state index in [4.69, 9.17) is 5.26 Å². The molecule has 5 heteroatoms. The van der Waals surface area contributed by atoms with Crippen LogP contribution in [0.5, 0.6) is 0 Å². The number of benzene rings is 3. The number of alkyl halides is 1. The molecule has 3 aromatic carbocycles. The van der Waals surface area contributed by atoms with Crippen LogP contribution in [0.2, 0.25) is 0 Å². The summed E-state index contributed by atoms with van der Waals surface area (Å²) < 4.78 is 37.9. The quantitative estimate of drug-likeness (QED) is 0.322. The molecule has 0 aliphatic carbocycles. The Labute approximate surface area is 198 Å². The maximum atomic E-state index is 12.8. The molecule has 0 amide bonds. The van der Waals surface area contributed by atoms with Crippen LogP contribution in [0.15, 0.2) is 42.5 Å². The highest BCUT2D eigenvalue weighted by Crippen LogP contribution is 2.18. The Morgan fingerprint density at radius 3 is 1.28 bits per heavy atom. The van der Waals surface area contributed by atoms with E-state index in [0.717, 1.165) is 44.3 Å². The van der Waals surface area contributed by atoms with Crippen molar-refractivity contribution >= 4 is 15.9 Å². The van der Waals surface area contributed by atoms with Crippen molar-refractivity contribution in [1.29, 1.82) is 5.26 Å². The van der Waals surface area contributed by atoms with Gasteiger partial charge in [0, 0.05) is 5.33 Å². The predicted molar refractivity (Wildman–Crippen MR) is 130 cm³/mol. The molecule has 0 aromatic heterocycles. The van der Waals surface area contributed by atoms with Crippen LogP contribution in [0, 0.1) is 70.3 Å². The van der Waals surface area contributed by atoms with Crippen LogP contribution < -0.4 is 0 Å². The van der Waals surface area contributed by atoms with Crippen molar-refractivity contribution in [3.05, 3.63) is 104 Å². The van der Waals surface area contributed by atoms with Crippen molar-refractivity contribution in [3.8, 4) is 6.07 Å². The van der Waals surface area contributed by atoms with Crippen molar-refractivity contribution in [1.82, 2.24) is 0 Å². The fourth-order valence-corrected chi connectivity index (χ4v) is 4.25. The minimum Gasteiger partial charge on any atom is -0.207 e. The highest BCUT2D eigenvalue weighted by atomic mass is 79.9. The molecule has 3 rings (SSSR count). The summed E-state index contributed by atoms with van der Waals surface area (Å²) >= 11 is 3.36. The molecule has 0 saturated carbocycles. The molecule has 3 aromatic rings. The van der Waals surface area contributed by atoms with E-state index in [9.17, 15) is 13.2 Å². The fourth-order valence-electron chi connectivity index (χ4n) is 3.37. The zero-order valence-electron chi connectivity index (χ0n) is 19.4. The summed E-state index contributed by atoms with van der Waals surface area (Å²) in [6.45, 7) is 11.3. The van der Waals surface area contributed by atoms with Crippen molar-refractivity contribution in [2.45, 2.75) is 53.3 Å². The summed E-state index contributed by atoms with van der Waals surface area (Å²) in [4.78, 5) is 0. The van der Waals surface area contributed by atoms with Gasteiger partial charge in [-0.25, -0.2) is 13.2 Å². The van der Waals surface area contributed by atoms with E-state index in [2.05, 4.69) is 22.0 Å². The second kappa shape index (κ2) is 13.1. The van der Waals surface area contributed by atoms with Crippen molar-refractivity contribution in [2.24, 2.45) is 0 Å². The largest absolute Gasteiger partial charge is 0.207 e. The minimum absolute atomic E-state index is 0.146. The number of nitriles is 1. The molecule has 0 bridgehead atoms. The van der Waals surface area contributed by atoms with Crippen molar-refractivity contribution in [2.75, 3.05) is 0 Å². The molecule has 1 nitrogen and oxygen atoms in total. The van der Waals surface area contributed by atoms with E-state index in [1.807, 2.05) is 47.6 Å². The van der Waals surface area contributed by atoms with Gasteiger partial charge < -0.3 is 0 Å². The van der Waals surface area contributed by atoms with Gasteiger partial charge in [-0.2, -0.15) is 5.26 Å². The number of halogens is 4. The molecule has 0 spiro atoms. The first-order valence-electron chi connectivity index (χ1n) is 10.2. The molecule has 0 atom stereocenters. The normalized spacial score (nSPS) is 9.78. The lowest BCUT2D eigenvalue weighted by Gasteiger charge is -2.05. The van der Waals surface area contributed by atoms with E-state index in [1.54, 1.807) is 12.1 Å². The zero-order chi connectivity index (χ0) is 24.4. The minimum atomic E-state index is -0.230. The number of nitrogens with zero attached hydrogens (tertiary/aromatic N) is 1. The van der Waals surface area contributed by atoms with Crippen LogP contribution in [-0.2, 0) is 11.8 Å². The van der Waals surface area contributed by atoms with E-state index < -0.39 is 0 Å². The molecule has 32 heavy (non-hydrogen) atoms. The molecule has 0 aliphatic heterocycles. The molecule has 0 N–H and O–H groups in total. The summed E-state index contributed by atoms with van der Waals surface area (Å²) in [5, 5.41) is 9.29. The summed E-state index contributed by atoms with van der Waals surface area (Å²) in [5.74, 6) is -0.524. The van der Waals surface area contributed by atoms with E-state index in [-0.39, 0.29) is 17.5 Å². The van der Waals surface area contributed by atoms with Crippen LogP contribution in [0.4, 0.5) is 13.2 Å². The highest BCUT2D eigenvalue weighted by molar-refractivity contribution is 9.08.